The minimum atomic E-state index is 0.318. The lowest BCUT2D eigenvalue weighted by molar-refractivity contribution is 0.869. The normalized spacial score (nSPS) is 12.4. The molecule has 3 heterocycles. The molecule has 13 rings (SSSR count). The molecule has 0 unspecified atom stereocenters. The fourth-order valence-electron chi connectivity index (χ4n) is 10.7. The lowest BCUT2D eigenvalue weighted by Crippen LogP contribution is -2.24. The van der Waals surface area contributed by atoms with E-state index in [1.54, 1.807) is 0 Å². The summed E-state index contributed by atoms with van der Waals surface area (Å²) in [5.74, 6) is 0.318. The first-order chi connectivity index (χ1) is 33.1. The van der Waals surface area contributed by atoms with Crippen molar-refractivity contribution in [2.45, 2.75) is 19.8 Å². The van der Waals surface area contributed by atoms with Gasteiger partial charge in [-0.15, -0.1) is 0 Å². The van der Waals surface area contributed by atoms with Crippen molar-refractivity contribution in [1.82, 2.24) is 9.13 Å². The number of anilines is 6. The summed E-state index contributed by atoms with van der Waals surface area (Å²) < 4.78 is 4.96. The van der Waals surface area contributed by atoms with Gasteiger partial charge in [0.05, 0.1) is 44.8 Å². The molecule has 67 heavy (non-hydrogen) atoms. The minimum Gasteiger partial charge on any atom is -0.309 e. The number of aromatic nitrogens is 2. The lowest BCUT2D eigenvalue weighted by atomic mass is 9.98. The van der Waals surface area contributed by atoms with E-state index < -0.39 is 0 Å². The van der Waals surface area contributed by atoms with Crippen molar-refractivity contribution in [3.05, 3.63) is 242 Å². The Morgan fingerprint density at radius 3 is 1.21 bits per heavy atom. The Balaban J connectivity index is 1.10. The number of nitrogens with zero attached hydrogens (tertiary/aromatic N) is 4. The quantitative estimate of drug-likeness (QED) is 0.159. The molecule has 1 aliphatic heterocycles. The minimum absolute atomic E-state index is 0.318. The fraction of sp³-hybridized carbons (Fsp3) is 0.0476. The lowest BCUT2D eigenvalue weighted by Gasteiger charge is -2.40. The first-order valence-electron chi connectivity index (χ1n) is 23.3. The topological polar surface area (TPSA) is 16.3 Å². The third-order valence-corrected chi connectivity index (χ3v) is 13.8. The van der Waals surface area contributed by atoms with Crippen LogP contribution >= 0.6 is 0 Å². The van der Waals surface area contributed by atoms with E-state index in [-0.39, 0.29) is 0 Å². The second-order valence-electron chi connectivity index (χ2n) is 18.0. The van der Waals surface area contributed by atoms with Crippen molar-refractivity contribution in [3.8, 4) is 33.6 Å². The molecule has 0 N–H and O–H groups in total. The Kier molecular flexibility index (Phi) is 9.00. The zero-order valence-electron chi connectivity index (χ0n) is 37.4. The Morgan fingerprint density at radius 1 is 0.284 bits per heavy atom. The first-order valence-corrected chi connectivity index (χ1v) is 23.3. The predicted octanol–water partition coefficient (Wildman–Crippen LogP) is 17.6. The summed E-state index contributed by atoms with van der Waals surface area (Å²) in [5, 5.41) is 4.88. The summed E-state index contributed by atoms with van der Waals surface area (Å²) in [6.45, 7) is 4.62. The highest BCUT2D eigenvalue weighted by Crippen LogP contribution is 2.57. The number of hydrogen-bond donors (Lipinski definition) is 0. The SMILES string of the molecule is CC(C)c1cccc2c3cc4c(cc3n(-c3ccc(-c5ccccc5)cc3)c12)N(c1ccccc1)c1cc2c3ccccc3n(-c3ccc(-c5ccccc5)cc3)c2cc1N4c1ccccc1. The highest BCUT2D eigenvalue weighted by Gasteiger charge is 2.34. The van der Waals surface area contributed by atoms with Gasteiger partial charge in [0, 0.05) is 44.3 Å². The third kappa shape index (κ3) is 6.21. The molecule has 10 aromatic carbocycles. The monoisotopic (exact) mass is 858 g/mol. The molecular formula is C63H46N4. The molecule has 0 aliphatic carbocycles. The standard InChI is InChI=1S/C63H46N4/c1-42(2)51-27-17-28-53-55-39-60-62(41-58(55)67(63(51)53)50-36-32-46(33-37-50)44-20-9-4-10-21-44)65(47-22-11-5-12-23-47)59-38-54-52-26-15-16-29-56(52)64(49-34-30-45(31-35-49)43-18-7-3-8-19-43)57(54)40-61(59)66(60)48-24-13-6-14-25-48/h3-42H,1-2H3. The van der Waals surface area contributed by atoms with E-state index in [0.29, 0.717) is 5.92 Å². The maximum Gasteiger partial charge on any atom is 0.0724 e. The van der Waals surface area contributed by atoms with Gasteiger partial charge < -0.3 is 18.9 Å². The molecule has 4 nitrogen and oxygen atoms in total. The average Bonchev–Trinajstić information content (AvgIpc) is 3.89. The molecule has 0 bridgehead atoms. The zero-order valence-corrected chi connectivity index (χ0v) is 37.4. The molecule has 0 amide bonds. The van der Waals surface area contributed by atoms with Crippen LogP contribution in [0.4, 0.5) is 34.1 Å². The molecule has 0 radical (unpaired) electrons. The molecule has 0 spiro atoms. The number of benzene rings is 10. The largest absolute Gasteiger partial charge is 0.309 e. The Hall–Kier alpha value is -8.60. The van der Waals surface area contributed by atoms with Gasteiger partial charge in [-0.3, -0.25) is 0 Å². The van der Waals surface area contributed by atoms with Crippen LogP contribution in [0.25, 0.3) is 77.2 Å². The molecule has 4 heteroatoms. The fourth-order valence-corrected chi connectivity index (χ4v) is 10.7. The zero-order chi connectivity index (χ0) is 44.6. The van der Waals surface area contributed by atoms with Crippen molar-refractivity contribution in [2.24, 2.45) is 0 Å². The summed E-state index contributed by atoms with van der Waals surface area (Å²) in [6, 6.07) is 86.7. The van der Waals surface area contributed by atoms with E-state index in [4.69, 9.17) is 0 Å². The molecule has 0 fully saturated rings. The predicted molar refractivity (Wildman–Crippen MR) is 283 cm³/mol. The number of hydrogen-bond acceptors (Lipinski definition) is 2. The number of fused-ring (bicyclic) bond motifs is 8. The van der Waals surface area contributed by atoms with E-state index in [0.717, 1.165) is 51.0 Å². The van der Waals surface area contributed by atoms with Crippen LogP contribution in [0.3, 0.4) is 0 Å². The molecule has 0 atom stereocenters. The van der Waals surface area contributed by atoms with E-state index in [2.05, 4.69) is 269 Å². The summed E-state index contributed by atoms with van der Waals surface area (Å²) in [6.07, 6.45) is 0. The van der Waals surface area contributed by atoms with Crippen molar-refractivity contribution >= 4 is 77.7 Å². The van der Waals surface area contributed by atoms with Crippen molar-refractivity contribution in [1.29, 1.82) is 0 Å². The van der Waals surface area contributed by atoms with Crippen LogP contribution in [-0.4, -0.2) is 9.13 Å². The maximum atomic E-state index is 2.51. The molecule has 0 saturated carbocycles. The Morgan fingerprint density at radius 2 is 0.687 bits per heavy atom. The van der Waals surface area contributed by atoms with Gasteiger partial charge in [-0.2, -0.15) is 0 Å². The van der Waals surface area contributed by atoms with Crippen molar-refractivity contribution in [3.63, 3.8) is 0 Å². The average molecular weight is 859 g/mol. The molecule has 2 aromatic heterocycles. The van der Waals surface area contributed by atoms with Crippen molar-refractivity contribution < 1.29 is 0 Å². The van der Waals surface area contributed by atoms with Crippen LogP contribution in [0.2, 0.25) is 0 Å². The van der Waals surface area contributed by atoms with Gasteiger partial charge in [0.15, 0.2) is 0 Å². The van der Waals surface area contributed by atoms with E-state index in [1.807, 2.05) is 0 Å². The summed E-state index contributed by atoms with van der Waals surface area (Å²) >= 11 is 0. The van der Waals surface area contributed by atoms with Gasteiger partial charge in [0.1, 0.15) is 0 Å². The Bertz CT molecular complexity index is 3760. The third-order valence-electron chi connectivity index (χ3n) is 13.8. The summed E-state index contributed by atoms with van der Waals surface area (Å²) in [5.41, 5.74) is 19.9. The van der Waals surface area contributed by atoms with Crippen LogP contribution in [-0.2, 0) is 0 Å². The van der Waals surface area contributed by atoms with Crippen LogP contribution in [0, 0.1) is 0 Å². The van der Waals surface area contributed by atoms with E-state index in [1.165, 1.54) is 65.9 Å². The van der Waals surface area contributed by atoms with Crippen LogP contribution in [0.15, 0.2) is 237 Å². The second kappa shape index (κ2) is 15.5. The number of rotatable bonds is 7. The molecular weight excluding hydrogens is 813 g/mol. The molecule has 0 saturated heterocycles. The van der Waals surface area contributed by atoms with Gasteiger partial charge in [0.25, 0.3) is 0 Å². The molecule has 1 aliphatic rings. The van der Waals surface area contributed by atoms with Crippen LogP contribution in [0.1, 0.15) is 25.3 Å². The smallest absolute Gasteiger partial charge is 0.0724 e. The van der Waals surface area contributed by atoms with Crippen LogP contribution in [0.5, 0.6) is 0 Å². The maximum absolute atomic E-state index is 2.51. The highest BCUT2D eigenvalue weighted by molar-refractivity contribution is 6.18. The number of para-hydroxylation sites is 4. The van der Waals surface area contributed by atoms with Gasteiger partial charge >= 0.3 is 0 Å². The van der Waals surface area contributed by atoms with E-state index >= 15 is 0 Å². The summed E-state index contributed by atoms with van der Waals surface area (Å²) in [4.78, 5) is 4.99. The molecule has 12 aromatic rings. The van der Waals surface area contributed by atoms with Gasteiger partial charge in [-0.25, -0.2) is 0 Å². The van der Waals surface area contributed by atoms with Gasteiger partial charge in [0.2, 0.25) is 0 Å². The van der Waals surface area contributed by atoms with Crippen LogP contribution < -0.4 is 9.80 Å². The second-order valence-corrected chi connectivity index (χ2v) is 18.0. The van der Waals surface area contributed by atoms with E-state index in [9.17, 15) is 0 Å². The first kappa shape index (κ1) is 38.8. The van der Waals surface area contributed by atoms with Gasteiger partial charge in [-0.05, 0) is 113 Å². The summed E-state index contributed by atoms with van der Waals surface area (Å²) in [7, 11) is 0. The molecule has 318 valence electrons. The Labute approximate surface area is 390 Å². The van der Waals surface area contributed by atoms with Gasteiger partial charge in [-0.1, -0.05) is 172 Å². The van der Waals surface area contributed by atoms with Crippen molar-refractivity contribution in [2.75, 3.05) is 9.80 Å². The highest BCUT2D eigenvalue weighted by atomic mass is 15.3.